The van der Waals surface area contributed by atoms with Gasteiger partial charge in [0.05, 0.1) is 27.0 Å². The minimum Gasteiger partial charge on any atom is -0.493 e. The Balaban J connectivity index is 1.48. The van der Waals surface area contributed by atoms with Gasteiger partial charge in [-0.3, -0.25) is 10.1 Å². The Morgan fingerprint density at radius 1 is 0.938 bits per heavy atom. The molecular formula is C25H22N2O4S. The van der Waals surface area contributed by atoms with Gasteiger partial charge >= 0.3 is 0 Å². The molecule has 1 amide bonds. The average Bonchev–Trinajstić information content (AvgIpc) is 3.30. The summed E-state index contributed by atoms with van der Waals surface area (Å²) in [7, 11) is 4.64. The predicted molar refractivity (Wildman–Crippen MR) is 129 cm³/mol. The lowest BCUT2D eigenvalue weighted by Crippen LogP contribution is -2.07. The summed E-state index contributed by atoms with van der Waals surface area (Å²) < 4.78 is 16.0. The maximum Gasteiger partial charge on any atom is 0.250 e. The zero-order valence-electron chi connectivity index (χ0n) is 17.9. The fraction of sp³-hybridized carbons (Fsp3) is 0.120. The summed E-state index contributed by atoms with van der Waals surface area (Å²) in [5, 5.41) is 7.61. The van der Waals surface area contributed by atoms with Crippen LogP contribution in [-0.4, -0.2) is 32.2 Å². The number of rotatable bonds is 7. The van der Waals surface area contributed by atoms with E-state index in [2.05, 4.69) is 34.6 Å². The van der Waals surface area contributed by atoms with E-state index in [1.165, 1.54) is 22.8 Å². The number of anilines is 1. The van der Waals surface area contributed by atoms with Gasteiger partial charge in [0.2, 0.25) is 11.7 Å². The van der Waals surface area contributed by atoms with E-state index < -0.39 is 0 Å². The van der Waals surface area contributed by atoms with Crippen molar-refractivity contribution in [3.05, 3.63) is 71.6 Å². The number of amides is 1. The Morgan fingerprint density at radius 3 is 2.34 bits per heavy atom. The number of nitrogens with one attached hydrogen (secondary N) is 1. The molecule has 1 heterocycles. The van der Waals surface area contributed by atoms with Crippen molar-refractivity contribution in [2.75, 3.05) is 26.6 Å². The van der Waals surface area contributed by atoms with Gasteiger partial charge in [0.25, 0.3) is 0 Å². The molecule has 162 valence electrons. The molecule has 0 bridgehead atoms. The molecule has 1 aromatic heterocycles. The first-order valence-corrected chi connectivity index (χ1v) is 10.7. The number of aromatic nitrogens is 1. The smallest absolute Gasteiger partial charge is 0.250 e. The van der Waals surface area contributed by atoms with E-state index in [0.717, 1.165) is 22.2 Å². The molecule has 4 aromatic rings. The Hall–Kier alpha value is -3.84. The second-order valence-corrected chi connectivity index (χ2v) is 7.74. The molecule has 4 rings (SSSR count). The fourth-order valence-corrected chi connectivity index (χ4v) is 4.05. The number of thiazole rings is 1. The van der Waals surface area contributed by atoms with E-state index in [4.69, 9.17) is 14.2 Å². The van der Waals surface area contributed by atoms with Crippen LogP contribution in [0.15, 0.2) is 66.1 Å². The van der Waals surface area contributed by atoms with Gasteiger partial charge in [0.1, 0.15) is 0 Å². The van der Waals surface area contributed by atoms with Crippen LogP contribution in [0.2, 0.25) is 0 Å². The molecule has 7 heteroatoms. The van der Waals surface area contributed by atoms with Crippen molar-refractivity contribution >= 4 is 39.2 Å². The molecule has 0 saturated carbocycles. The molecule has 6 nitrogen and oxygen atoms in total. The van der Waals surface area contributed by atoms with Gasteiger partial charge in [-0.15, -0.1) is 11.3 Å². The van der Waals surface area contributed by atoms with Gasteiger partial charge in [-0.1, -0.05) is 36.4 Å². The van der Waals surface area contributed by atoms with Gasteiger partial charge in [-0.2, -0.15) is 0 Å². The minimum absolute atomic E-state index is 0.279. The average molecular weight is 447 g/mol. The van der Waals surface area contributed by atoms with Crippen molar-refractivity contribution in [2.24, 2.45) is 0 Å². The highest BCUT2D eigenvalue weighted by Gasteiger charge is 2.12. The summed E-state index contributed by atoms with van der Waals surface area (Å²) in [6, 6.07) is 17.9. The van der Waals surface area contributed by atoms with Crippen LogP contribution >= 0.6 is 11.3 Å². The Bertz CT molecular complexity index is 1270. The molecule has 32 heavy (non-hydrogen) atoms. The Morgan fingerprint density at radius 2 is 1.66 bits per heavy atom. The number of ether oxygens (including phenoxy) is 3. The predicted octanol–water partition coefficient (Wildman–Crippen LogP) is 5.64. The van der Waals surface area contributed by atoms with Crippen molar-refractivity contribution in [1.82, 2.24) is 4.98 Å². The van der Waals surface area contributed by atoms with Crippen molar-refractivity contribution in [1.29, 1.82) is 0 Å². The molecule has 0 spiro atoms. The van der Waals surface area contributed by atoms with Gasteiger partial charge < -0.3 is 14.2 Å². The zero-order valence-corrected chi connectivity index (χ0v) is 18.7. The quantitative estimate of drug-likeness (QED) is 0.372. The standard InChI is InChI=1S/C25H22N2O4S/c1-29-21-12-16(13-22(30-2)24(21)31-3)8-11-23(28)27-25-26-20(15-32-25)19-10-9-17-6-4-5-7-18(17)14-19/h4-15H,1-3H3,(H,26,27,28)/b11-8+. The highest BCUT2D eigenvalue weighted by atomic mass is 32.1. The number of benzene rings is 3. The van der Waals surface area contributed by atoms with Gasteiger partial charge in [0.15, 0.2) is 16.6 Å². The highest BCUT2D eigenvalue weighted by molar-refractivity contribution is 7.14. The second kappa shape index (κ2) is 9.53. The lowest BCUT2D eigenvalue weighted by molar-refractivity contribution is -0.111. The van der Waals surface area contributed by atoms with Gasteiger partial charge in [-0.25, -0.2) is 4.98 Å². The normalized spacial score (nSPS) is 11.0. The molecule has 0 fully saturated rings. The Labute approximate surface area is 190 Å². The fourth-order valence-electron chi connectivity index (χ4n) is 3.33. The SMILES string of the molecule is COc1cc(/C=C/C(=O)Nc2nc(-c3ccc4ccccc4c3)cs2)cc(OC)c1OC. The lowest BCUT2D eigenvalue weighted by Gasteiger charge is -2.12. The van der Waals surface area contributed by atoms with Crippen molar-refractivity contribution in [2.45, 2.75) is 0 Å². The maximum atomic E-state index is 12.4. The summed E-state index contributed by atoms with van der Waals surface area (Å²) in [6.45, 7) is 0. The van der Waals surface area contributed by atoms with Crippen LogP contribution in [0.5, 0.6) is 17.2 Å². The van der Waals surface area contributed by atoms with Crippen LogP contribution < -0.4 is 19.5 Å². The summed E-state index contributed by atoms with van der Waals surface area (Å²) >= 11 is 1.38. The first-order chi connectivity index (χ1) is 15.6. The van der Waals surface area contributed by atoms with Crippen molar-refractivity contribution < 1.29 is 19.0 Å². The lowest BCUT2D eigenvalue weighted by atomic mass is 10.1. The molecule has 0 aliphatic heterocycles. The van der Waals surface area contributed by atoms with E-state index in [-0.39, 0.29) is 5.91 Å². The first kappa shape index (κ1) is 21.4. The van der Waals surface area contributed by atoms with Crippen molar-refractivity contribution in [3.63, 3.8) is 0 Å². The minimum atomic E-state index is -0.279. The molecule has 0 aliphatic carbocycles. The van der Waals surface area contributed by atoms with E-state index in [0.29, 0.717) is 22.4 Å². The maximum absolute atomic E-state index is 12.4. The second-order valence-electron chi connectivity index (χ2n) is 6.88. The topological polar surface area (TPSA) is 69.7 Å². The summed E-state index contributed by atoms with van der Waals surface area (Å²) in [5.41, 5.74) is 2.57. The van der Waals surface area contributed by atoms with Crippen LogP contribution in [0.25, 0.3) is 28.1 Å². The molecule has 0 unspecified atom stereocenters. The van der Waals surface area contributed by atoms with Crippen LogP contribution in [0.3, 0.4) is 0 Å². The number of nitrogens with zero attached hydrogens (tertiary/aromatic N) is 1. The molecule has 1 N–H and O–H groups in total. The molecule has 3 aromatic carbocycles. The molecule has 0 saturated heterocycles. The van der Waals surface area contributed by atoms with E-state index >= 15 is 0 Å². The van der Waals surface area contributed by atoms with Crippen LogP contribution in [0.1, 0.15) is 5.56 Å². The van der Waals surface area contributed by atoms with Crippen LogP contribution in [0.4, 0.5) is 5.13 Å². The monoisotopic (exact) mass is 446 g/mol. The third-order valence-electron chi connectivity index (χ3n) is 4.89. The Kier molecular flexibility index (Phi) is 6.37. The largest absolute Gasteiger partial charge is 0.493 e. The van der Waals surface area contributed by atoms with Crippen LogP contribution in [0, 0.1) is 0 Å². The number of hydrogen-bond acceptors (Lipinski definition) is 6. The number of carbonyl (C=O) groups is 1. The van der Waals surface area contributed by atoms with Crippen molar-refractivity contribution in [3.8, 4) is 28.5 Å². The number of fused-ring (bicyclic) bond motifs is 1. The highest BCUT2D eigenvalue weighted by Crippen LogP contribution is 2.38. The van der Waals surface area contributed by atoms with Gasteiger partial charge in [-0.05, 0) is 40.6 Å². The molecule has 0 radical (unpaired) electrons. The summed E-state index contributed by atoms with van der Waals surface area (Å²) in [4.78, 5) is 17.0. The molecule has 0 aliphatic rings. The zero-order chi connectivity index (χ0) is 22.5. The number of carbonyl (C=O) groups excluding carboxylic acids is 1. The van der Waals surface area contributed by atoms with E-state index in [1.54, 1.807) is 39.5 Å². The molecule has 0 atom stereocenters. The third kappa shape index (κ3) is 4.58. The number of hydrogen-bond donors (Lipinski definition) is 1. The third-order valence-corrected chi connectivity index (χ3v) is 5.65. The summed E-state index contributed by atoms with van der Waals surface area (Å²) in [5.74, 6) is 1.26. The summed E-state index contributed by atoms with van der Waals surface area (Å²) in [6.07, 6.45) is 3.12. The van der Waals surface area contributed by atoms with Gasteiger partial charge in [0, 0.05) is 17.0 Å². The first-order valence-electron chi connectivity index (χ1n) is 9.85. The van der Waals surface area contributed by atoms with E-state index in [9.17, 15) is 4.79 Å². The van der Waals surface area contributed by atoms with E-state index in [1.807, 2.05) is 23.6 Å². The number of methoxy groups -OCH3 is 3. The van der Waals surface area contributed by atoms with Crippen LogP contribution in [-0.2, 0) is 4.79 Å². The molecular weight excluding hydrogens is 424 g/mol.